The van der Waals surface area contributed by atoms with Crippen LogP contribution in [-0.4, -0.2) is 63.5 Å². The molecular weight excluding hydrogens is 280 g/mol. The SMILES string of the molecule is CC(=O)c1ccc(O[C@@H]2OC(CO)[C@@H](O)C(O)C2O)cc1. The van der Waals surface area contributed by atoms with Crippen molar-refractivity contribution in [2.75, 3.05) is 6.61 Å². The van der Waals surface area contributed by atoms with Crippen molar-refractivity contribution in [3.05, 3.63) is 29.8 Å². The Morgan fingerprint density at radius 1 is 1.14 bits per heavy atom. The highest BCUT2D eigenvalue weighted by Crippen LogP contribution is 2.24. The first-order valence-corrected chi connectivity index (χ1v) is 6.52. The van der Waals surface area contributed by atoms with E-state index in [1.165, 1.54) is 19.1 Å². The molecule has 7 heteroatoms. The van der Waals surface area contributed by atoms with E-state index in [9.17, 15) is 20.1 Å². The van der Waals surface area contributed by atoms with E-state index < -0.39 is 37.3 Å². The molecule has 5 atom stereocenters. The molecule has 0 saturated carbocycles. The zero-order chi connectivity index (χ0) is 15.6. The molecule has 0 aromatic heterocycles. The van der Waals surface area contributed by atoms with E-state index in [-0.39, 0.29) is 5.78 Å². The van der Waals surface area contributed by atoms with E-state index in [2.05, 4.69) is 0 Å². The molecule has 0 amide bonds. The highest BCUT2D eigenvalue weighted by Gasteiger charge is 2.44. The summed E-state index contributed by atoms with van der Waals surface area (Å²) >= 11 is 0. The van der Waals surface area contributed by atoms with Gasteiger partial charge in [0.25, 0.3) is 0 Å². The van der Waals surface area contributed by atoms with E-state index in [0.29, 0.717) is 11.3 Å². The van der Waals surface area contributed by atoms with Gasteiger partial charge in [0, 0.05) is 5.56 Å². The summed E-state index contributed by atoms with van der Waals surface area (Å²) in [5, 5.41) is 38.2. The summed E-state index contributed by atoms with van der Waals surface area (Å²) in [7, 11) is 0. The number of ether oxygens (including phenoxy) is 2. The molecule has 1 heterocycles. The zero-order valence-electron chi connectivity index (χ0n) is 11.4. The Labute approximate surface area is 121 Å². The van der Waals surface area contributed by atoms with Crippen LogP contribution in [0.5, 0.6) is 5.75 Å². The van der Waals surface area contributed by atoms with Crippen molar-refractivity contribution in [2.24, 2.45) is 0 Å². The van der Waals surface area contributed by atoms with Gasteiger partial charge in [-0.05, 0) is 31.2 Å². The van der Waals surface area contributed by atoms with Gasteiger partial charge < -0.3 is 29.9 Å². The summed E-state index contributed by atoms with van der Waals surface area (Å²) in [6.07, 6.45) is -6.63. The van der Waals surface area contributed by atoms with Gasteiger partial charge >= 0.3 is 0 Å². The lowest BCUT2D eigenvalue weighted by molar-refractivity contribution is -0.277. The molecule has 1 aromatic carbocycles. The minimum atomic E-state index is -1.49. The molecule has 116 valence electrons. The quantitative estimate of drug-likeness (QED) is 0.530. The lowest BCUT2D eigenvalue weighted by atomic mass is 9.99. The molecule has 3 unspecified atom stereocenters. The van der Waals surface area contributed by atoms with Crippen LogP contribution in [0, 0.1) is 0 Å². The highest BCUT2D eigenvalue weighted by atomic mass is 16.7. The van der Waals surface area contributed by atoms with Crippen LogP contribution in [0.25, 0.3) is 0 Å². The number of aliphatic hydroxyl groups is 4. The second-order valence-corrected chi connectivity index (χ2v) is 4.90. The van der Waals surface area contributed by atoms with Crippen molar-refractivity contribution in [1.29, 1.82) is 0 Å². The van der Waals surface area contributed by atoms with Crippen molar-refractivity contribution in [3.63, 3.8) is 0 Å². The number of ketones is 1. The lowest BCUT2D eigenvalue weighted by Gasteiger charge is -2.39. The number of hydrogen-bond donors (Lipinski definition) is 4. The standard InChI is InChI=1S/C14H18O7/c1-7(16)8-2-4-9(5-3-8)20-14-13(19)12(18)11(17)10(6-15)21-14/h2-5,10-15,17-19H,6H2,1H3/t10?,11-,12?,13?,14-/m1/s1. The van der Waals surface area contributed by atoms with Crippen LogP contribution in [0.3, 0.4) is 0 Å². The fourth-order valence-electron chi connectivity index (χ4n) is 2.07. The third kappa shape index (κ3) is 3.39. The second-order valence-electron chi connectivity index (χ2n) is 4.90. The van der Waals surface area contributed by atoms with Crippen LogP contribution in [0.4, 0.5) is 0 Å². The van der Waals surface area contributed by atoms with Crippen LogP contribution in [-0.2, 0) is 4.74 Å². The number of rotatable bonds is 4. The van der Waals surface area contributed by atoms with Crippen molar-refractivity contribution in [1.82, 2.24) is 0 Å². The van der Waals surface area contributed by atoms with Crippen molar-refractivity contribution >= 4 is 5.78 Å². The highest BCUT2D eigenvalue weighted by molar-refractivity contribution is 5.94. The summed E-state index contributed by atoms with van der Waals surface area (Å²) in [5.41, 5.74) is 0.510. The third-order valence-electron chi connectivity index (χ3n) is 3.36. The van der Waals surface area contributed by atoms with Crippen LogP contribution in [0.15, 0.2) is 24.3 Å². The van der Waals surface area contributed by atoms with Gasteiger partial charge in [0.1, 0.15) is 30.2 Å². The molecule has 1 aromatic rings. The summed E-state index contributed by atoms with van der Waals surface area (Å²) in [5.74, 6) is 0.235. The molecule has 21 heavy (non-hydrogen) atoms. The summed E-state index contributed by atoms with van der Waals surface area (Å²) in [6.45, 7) is 0.918. The number of carbonyl (C=O) groups is 1. The first-order valence-electron chi connectivity index (χ1n) is 6.52. The predicted molar refractivity (Wildman–Crippen MR) is 70.8 cm³/mol. The van der Waals surface area contributed by atoms with Gasteiger partial charge in [0.05, 0.1) is 6.61 Å². The van der Waals surface area contributed by atoms with E-state index in [1.807, 2.05) is 0 Å². The monoisotopic (exact) mass is 298 g/mol. The van der Waals surface area contributed by atoms with Gasteiger partial charge in [-0.25, -0.2) is 0 Å². The van der Waals surface area contributed by atoms with Gasteiger partial charge in [-0.2, -0.15) is 0 Å². The summed E-state index contributed by atoms with van der Waals surface area (Å²) in [6, 6.07) is 6.17. The maximum atomic E-state index is 11.2. The second kappa shape index (κ2) is 6.50. The first-order chi connectivity index (χ1) is 9.93. The number of hydrogen-bond acceptors (Lipinski definition) is 7. The fraction of sp³-hybridized carbons (Fsp3) is 0.500. The molecule has 1 saturated heterocycles. The number of benzene rings is 1. The van der Waals surface area contributed by atoms with Gasteiger partial charge in [0.15, 0.2) is 5.78 Å². The average Bonchev–Trinajstić information content (AvgIpc) is 2.48. The van der Waals surface area contributed by atoms with Crippen molar-refractivity contribution in [3.8, 4) is 5.75 Å². The van der Waals surface area contributed by atoms with Gasteiger partial charge in [-0.1, -0.05) is 0 Å². The van der Waals surface area contributed by atoms with Crippen LogP contribution in [0.1, 0.15) is 17.3 Å². The molecule has 1 fully saturated rings. The minimum absolute atomic E-state index is 0.0885. The summed E-state index contributed by atoms with van der Waals surface area (Å²) in [4.78, 5) is 11.2. The predicted octanol–water partition coefficient (Wildman–Crippen LogP) is -0.932. The number of Topliss-reactive ketones (excluding diaryl/α,β-unsaturated/α-hetero) is 1. The Hall–Kier alpha value is -1.51. The normalized spacial score (nSPS) is 32.7. The molecule has 1 aliphatic rings. The van der Waals surface area contributed by atoms with Gasteiger partial charge in [0.2, 0.25) is 6.29 Å². The molecule has 4 N–H and O–H groups in total. The van der Waals surface area contributed by atoms with E-state index in [4.69, 9.17) is 14.6 Å². The number of aliphatic hydroxyl groups excluding tert-OH is 4. The lowest BCUT2D eigenvalue weighted by Crippen LogP contribution is -2.60. The van der Waals surface area contributed by atoms with Gasteiger partial charge in [-0.3, -0.25) is 4.79 Å². The van der Waals surface area contributed by atoms with Gasteiger partial charge in [-0.15, -0.1) is 0 Å². The summed E-state index contributed by atoms with van der Waals surface area (Å²) < 4.78 is 10.6. The van der Waals surface area contributed by atoms with E-state index in [0.717, 1.165) is 0 Å². The Bertz CT molecular complexity index is 485. The number of carbonyl (C=O) groups excluding carboxylic acids is 1. The first kappa shape index (κ1) is 15.9. The van der Waals surface area contributed by atoms with Crippen molar-refractivity contribution < 1.29 is 34.7 Å². The maximum Gasteiger partial charge on any atom is 0.229 e. The van der Waals surface area contributed by atoms with Crippen LogP contribution in [0.2, 0.25) is 0 Å². The Kier molecular flexibility index (Phi) is 4.92. The Morgan fingerprint density at radius 3 is 2.29 bits per heavy atom. The zero-order valence-corrected chi connectivity index (χ0v) is 11.4. The molecule has 1 aliphatic heterocycles. The van der Waals surface area contributed by atoms with Crippen LogP contribution < -0.4 is 4.74 Å². The Morgan fingerprint density at radius 2 is 1.76 bits per heavy atom. The smallest absolute Gasteiger partial charge is 0.229 e. The maximum absolute atomic E-state index is 11.2. The minimum Gasteiger partial charge on any atom is -0.462 e. The largest absolute Gasteiger partial charge is 0.462 e. The average molecular weight is 298 g/mol. The fourth-order valence-corrected chi connectivity index (χ4v) is 2.07. The molecule has 2 rings (SSSR count). The van der Waals surface area contributed by atoms with E-state index >= 15 is 0 Å². The topological polar surface area (TPSA) is 116 Å². The van der Waals surface area contributed by atoms with E-state index in [1.54, 1.807) is 12.1 Å². The molecule has 0 radical (unpaired) electrons. The third-order valence-corrected chi connectivity index (χ3v) is 3.36. The molecule has 0 bridgehead atoms. The molecular formula is C14H18O7. The Balaban J connectivity index is 2.08. The van der Waals surface area contributed by atoms with Crippen LogP contribution >= 0.6 is 0 Å². The molecule has 0 aliphatic carbocycles. The van der Waals surface area contributed by atoms with Crippen molar-refractivity contribution in [2.45, 2.75) is 37.6 Å². The molecule has 0 spiro atoms. The molecule has 7 nitrogen and oxygen atoms in total.